The van der Waals surface area contributed by atoms with Crippen molar-refractivity contribution in [1.29, 1.82) is 0 Å². The van der Waals surface area contributed by atoms with E-state index in [1.807, 2.05) is 18.2 Å². The van der Waals surface area contributed by atoms with Gasteiger partial charge in [0.15, 0.2) is 0 Å². The number of thioether (sulfide) groups is 1. The quantitative estimate of drug-likeness (QED) is 0.404. The minimum Gasteiger partial charge on any atom is -0.464 e. The second kappa shape index (κ2) is 10.5. The third-order valence-electron chi connectivity index (χ3n) is 4.04. The zero-order valence-corrected chi connectivity index (χ0v) is 17.1. The van der Waals surface area contributed by atoms with Gasteiger partial charge in [0.2, 0.25) is 5.54 Å². The van der Waals surface area contributed by atoms with E-state index >= 15 is 0 Å². The Hall–Kier alpha value is -2.19. The summed E-state index contributed by atoms with van der Waals surface area (Å²) in [4.78, 5) is 12.8. The van der Waals surface area contributed by atoms with Crippen LogP contribution in [0, 0.1) is 0 Å². The summed E-state index contributed by atoms with van der Waals surface area (Å²) in [7, 11) is 0. The van der Waals surface area contributed by atoms with E-state index in [9.17, 15) is 18.0 Å². The number of hydrogen-bond donors (Lipinski definition) is 1. The maximum atomic E-state index is 13.9. The smallest absolute Gasteiger partial charge is 0.418 e. The van der Waals surface area contributed by atoms with Gasteiger partial charge in [0.25, 0.3) is 0 Å². The molecule has 1 atom stereocenters. The van der Waals surface area contributed by atoms with Gasteiger partial charge >= 0.3 is 12.1 Å². The summed E-state index contributed by atoms with van der Waals surface area (Å²) in [6.45, 7) is 3.14. The topological polar surface area (TPSA) is 47.6 Å². The van der Waals surface area contributed by atoms with E-state index in [2.05, 4.69) is 5.32 Å². The molecule has 0 bridgehead atoms. The van der Waals surface area contributed by atoms with Gasteiger partial charge in [-0.1, -0.05) is 25.1 Å². The SMILES string of the molecule is CCCNC(CSc1ccc(Oc2ccccc2)cc1)(C(=O)OCC)C(F)(F)F. The molecule has 29 heavy (non-hydrogen) atoms. The van der Waals surface area contributed by atoms with Crippen molar-refractivity contribution in [1.82, 2.24) is 5.32 Å². The number of alkyl halides is 3. The number of para-hydroxylation sites is 1. The van der Waals surface area contributed by atoms with Gasteiger partial charge in [-0.15, -0.1) is 11.8 Å². The first-order valence-electron chi connectivity index (χ1n) is 9.27. The standard InChI is InChI=1S/C21H24F3NO3S/c1-3-14-25-20(21(22,23)24,19(26)27-4-2)15-29-18-12-10-17(11-13-18)28-16-8-6-5-7-9-16/h5-13,25H,3-4,14-15H2,1-2H3. The fourth-order valence-corrected chi connectivity index (χ4v) is 3.59. The molecular formula is C21H24F3NO3S. The van der Waals surface area contributed by atoms with E-state index in [4.69, 9.17) is 9.47 Å². The van der Waals surface area contributed by atoms with E-state index in [0.29, 0.717) is 22.8 Å². The van der Waals surface area contributed by atoms with Gasteiger partial charge in [-0.2, -0.15) is 13.2 Å². The average molecular weight is 427 g/mol. The Kier molecular flexibility index (Phi) is 8.40. The fraction of sp³-hybridized carbons (Fsp3) is 0.381. The Morgan fingerprint density at radius 2 is 1.62 bits per heavy atom. The first-order valence-corrected chi connectivity index (χ1v) is 10.3. The summed E-state index contributed by atoms with van der Waals surface area (Å²) in [5.41, 5.74) is -2.76. The van der Waals surface area contributed by atoms with Crippen molar-refractivity contribution in [2.45, 2.75) is 36.9 Å². The number of benzene rings is 2. The van der Waals surface area contributed by atoms with Crippen LogP contribution in [0.4, 0.5) is 13.2 Å². The molecular weight excluding hydrogens is 403 g/mol. The van der Waals surface area contributed by atoms with Crippen molar-refractivity contribution < 1.29 is 27.4 Å². The number of halogens is 3. The Morgan fingerprint density at radius 3 is 2.17 bits per heavy atom. The van der Waals surface area contributed by atoms with Gasteiger partial charge in [-0.25, -0.2) is 4.79 Å². The molecule has 0 saturated carbocycles. The molecule has 1 N–H and O–H groups in total. The van der Waals surface area contributed by atoms with Crippen molar-refractivity contribution in [3.8, 4) is 11.5 Å². The number of esters is 1. The average Bonchev–Trinajstić information content (AvgIpc) is 2.69. The van der Waals surface area contributed by atoms with Gasteiger partial charge in [0, 0.05) is 10.6 Å². The molecule has 4 nitrogen and oxygen atoms in total. The molecule has 0 spiro atoms. The lowest BCUT2D eigenvalue weighted by Gasteiger charge is -2.34. The molecule has 0 aliphatic carbocycles. The third kappa shape index (κ3) is 6.14. The van der Waals surface area contributed by atoms with Crippen LogP contribution in [-0.4, -0.2) is 36.6 Å². The van der Waals surface area contributed by atoms with Crippen molar-refractivity contribution >= 4 is 17.7 Å². The van der Waals surface area contributed by atoms with Crippen LogP contribution in [0.25, 0.3) is 0 Å². The zero-order valence-electron chi connectivity index (χ0n) is 16.3. The molecule has 2 rings (SSSR count). The maximum absolute atomic E-state index is 13.9. The van der Waals surface area contributed by atoms with E-state index in [1.54, 1.807) is 43.3 Å². The number of hydrogen-bond acceptors (Lipinski definition) is 5. The second-order valence-electron chi connectivity index (χ2n) is 6.23. The molecule has 1 unspecified atom stereocenters. The molecule has 8 heteroatoms. The molecule has 158 valence electrons. The molecule has 0 radical (unpaired) electrons. The van der Waals surface area contributed by atoms with Crippen LogP contribution in [0.15, 0.2) is 59.5 Å². The number of carbonyl (C=O) groups is 1. The molecule has 0 saturated heterocycles. The summed E-state index contributed by atoms with van der Waals surface area (Å²) in [6.07, 6.45) is -4.34. The monoisotopic (exact) mass is 427 g/mol. The van der Waals surface area contributed by atoms with Crippen LogP contribution in [0.2, 0.25) is 0 Å². The lowest BCUT2D eigenvalue weighted by molar-refractivity contribution is -0.208. The van der Waals surface area contributed by atoms with Crippen molar-refractivity contribution in [2.75, 3.05) is 18.9 Å². The minimum absolute atomic E-state index is 0.0444. The third-order valence-corrected chi connectivity index (χ3v) is 5.23. The number of nitrogens with one attached hydrogen (secondary N) is 1. The minimum atomic E-state index is -4.79. The summed E-state index contributed by atoms with van der Waals surface area (Å²) in [5, 5.41) is 2.38. The molecule has 2 aromatic carbocycles. The van der Waals surface area contributed by atoms with Gasteiger partial charge in [-0.05, 0) is 56.3 Å². The highest BCUT2D eigenvalue weighted by atomic mass is 32.2. The molecule has 0 amide bonds. The Labute approximate surface area is 172 Å². The lowest BCUT2D eigenvalue weighted by atomic mass is 10.0. The Morgan fingerprint density at radius 1 is 1.00 bits per heavy atom. The number of rotatable bonds is 10. The lowest BCUT2D eigenvalue weighted by Crippen LogP contribution is -2.65. The first kappa shape index (κ1) is 23.1. The second-order valence-corrected chi connectivity index (χ2v) is 7.27. The van der Waals surface area contributed by atoms with Crippen LogP contribution < -0.4 is 10.1 Å². The van der Waals surface area contributed by atoms with Crippen LogP contribution in [-0.2, 0) is 9.53 Å². The molecule has 0 aliphatic rings. The van der Waals surface area contributed by atoms with E-state index in [0.717, 1.165) is 11.8 Å². The van der Waals surface area contributed by atoms with Crippen LogP contribution in [0.3, 0.4) is 0 Å². The van der Waals surface area contributed by atoms with Gasteiger partial charge < -0.3 is 9.47 Å². The first-order chi connectivity index (χ1) is 13.8. The summed E-state index contributed by atoms with van der Waals surface area (Å²) in [5.74, 6) is -0.613. The summed E-state index contributed by atoms with van der Waals surface area (Å²) in [6, 6.07) is 15.8. The molecule has 2 aromatic rings. The van der Waals surface area contributed by atoms with Gasteiger partial charge in [0.05, 0.1) is 6.61 Å². The van der Waals surface area contributed by atoms with Crippen molar-refractivity contribution in [3.63, 3.8) is 0 Å². The van der Waals surface area contributed by atoms with E-state index in [-0.39, 0.29) is 13.2 Å². The molecule has 0 heterocycles. The largest absolute Gasteiger partial charge is 0.464 e. The van der Waals surface area contributed by atoms with Gasteiger partial charge in [0.1, 0.15) is 11.5 Å². The fourth-order valence-electron chi connectivity index (χ4n) is 2.49. The van der Waals surface area contributed by atoms with Crippen LogP contribution in [0.5, 0.6) is 11.5 Å². The summed E-state index contributed by atoms with van der Waals surface area (Å²) < 4.78 is 52.1. The predicted molar refractivity (Wildman–Crippen MR) is 107 cm³/mol. The maximum Gasteiger partial charge on any atom is 0.418 e. The highest BCUT2D eigenvalue weighted by Crippen LogP contribution is 2.37. The highest BCUT2D eigenvalue weighted by Gasteiger charge is 2.61. The Balaban J connectivity index is 2.13. The van der Waals surface area contributed by atoms with Crippen LogP contribution >= 0.6 is 11.8 Å². The Bertz CT molecular complexity index is 769. The molecule has 0 fully saturated rings. The van der Waals surface area contributed by atoms with Crippen LogP contribution in [0.1, 0.15) is 20.3 Å². The molecule has 0 aromatic heterocycles. The number of carbonyl (C=O) groups excluding carboxylic acids is 1. The van der Waals surface area contributed by atoms with Crippen molar-refractivity contribution in [3.05, 3.63) is 54.6 Å². The van der Waals surface area contributed by atoms with Gasteiger partial charge in [-0.3, -0.25) is 5.32 Å². The van der Waals surface area contributed by atoms with E-state index in [1.165, 1.54) is 6.92 Å². The number of ether oxygens (including phenoxy) is 2. The normalized spacial score (nSPS) is 13.6. The van der Waals surface area contributed by atoms with Crippen molar-refractivity contribution in [2.24, 2.45) is 0 Å². The van der Waals surface area contributed by atoms with E-state index < -0.39 is 23.4 Å². The molecule has 0 aliphatic heterocycles. The zero-order chi connectivity index (χ0) is 21.3. The summed E-state index contributed by atoms with van der Waals surface area (Å²) >= 11 is 0.935. The predicted octanol–water partition coefficient (Wildman–Crippen LogP) is 5.43. The highest BCUT2D eigenvalue weighted by molar-refractivity contribution is 7.99.